The second kappa shape index (κ2) is 9.96. The van der Waals surface area contributed by atoms with Crippen LogP contribution >= 0.6 is 0 Å². The van der Waals surface area contributed by atoms with Gasteiger partial charge in [-0.2, -0.15) is 0 Å². The van der Waals surface area contributed by atoms with Gasteiger partial charge in [0.1, 0.15) is 12.4 Å². The van der Waals surface area contributed by atoms with E-state index in [2.05, 4.69) is 19.2 Å². The lowest BCUT2D eigenvalue weighted by Crippen LogP contribution is -2.40. The lowest BCUT2D eigenvalue weighted by Gasteiger charge is -2.24. The third-order valence-electron chi connectivity index (χ3n) is 5.15. The van der Waals surface area contributed by atoms with Crippen LogP contribution in [0.15, 0.2) is 77.7 Å². The Morgan fingerprint density at radius 3 is 2.09 bits per heavy atom. The van der Waals surface area contributed by atoms with Gasteiger partial charge in [0.15, 0.2) is 0 Å². The van der Waals surface area contributed by atoms with Crippen LogP contribution in [0, 0.1) is 12.7 Å². The van der Waals surface area contributed by atoms with Crippen molar-refractivity contribution in [2.45, 2.75) is 38.1 Å². The number of amides is 1. The average molecular weight is 455 g/mol. The lowest BCUT2D eigenvalue weighted by atomic mass is 10.0. The molecular formula is C25H27FN2O3S. The quantitative estimate of drug-likeness (QED) is 0.533. The fourth-order valence-corrected chi connectivity index (χ4v) is 4.59. The fourth-order valence-electron chi connectivity index (χ4n) is 3.17. The van der Waals surface area contributed by atoms with E-state index in [1.54, 1.807) is 36.4 Å². The monoisotopic (exact) mass is 454 g/mol. The third kappa shape index (κ3) is 5.73. The minimum Gasteiger partial charge on any atom is -0.350 e. The number of anilines is 1. The molecule has 0 bridgehead atoms. The second-order valence-corrected chi connectivity index (χ2v) is 9.84. The highest BCUT2D eigenvalue weighted by Crippen LogP contribution is 2.26. The van der Waals surface area contributed by atoms with Crippen molar-refractivity contribution in [1.29, 1.82) is 0 Å². The maximum atomic E-state index is 13.4. The zero-order valence-corrected chi connectivity index (χ0v) is 19.2. The molecule has 0 unspecified atom stereocenters. The molecule has 0 aromatic heterocycles. The van der Waals surface area contributed by atoms with Crippen LogP contribution in [0.2, 0.25) is 0 Å². The highest BCUT2D eigenvalue weighted by Gasteiger charge is 2.27. The molecule has 0 radical (unpaired) electrons. The van der Waals surface area contributed by atoms with Gasteiger partial charge in [-0.15, -0.1) is 0 Å². The molecule has 3 aromatic rings. The molecule has 0 aliphatic carbocycles. The van der Waals surface area contributed by atoms with Gasteiger partial charge in [0, 0.05) is 6.54 Å². The average Bonchev–Trinajstić information content (AvgIpc) is 2.77. The van der Waals surface area contributed by atoms with Gasteiger partial charge in [0.05, 0.1) is 10.6 Å². The number of hydrogen-bond acceptors (Lipinski definition) is 3. The summed E-state index contributed by atoms with van der Waals surface area (Å²) < 4.78 is 41.0. The van der Waals surface area contributed by atoms with Crippen molar-refractivity contribution in [2.75, 3.05) is 10.8 Å². The van der Waals surface area contributed by atoms with Gasteiger partial charge in [0.2, 0.25) is 5.91 Å². The summed E-state index contributed by atoms with van der Waals surface area (Å²) in [7, 11) is -3.96. The Hall–Kier alpha value is -3.19. The lowest BCUT2D eigenvalue weighted by molar-refractivity contribution is -0.119. The van der Waals surface area contributed by atoms with Crippen LogP contribution in [0.3, 0.4) is 0 Å². The Morgan fingerprint density at radius 2 is 1.53 bits per heavy atom. The molecule has 1 amide bonds. The molecule has 0 aliphatic heterocycles. The van der Waals surface area contributed by atoms with E-state index in [0.717, 1.165) is 15.4 Å². The molecular weight excluding hydrogens is 427 g/mol. The summed E-state index contributed by atoms with van der Waals surface area (Å²) in [5.74, 6) is -0.525. The molecule has 5 nitrogen and oxygen atoms in total. The smallest absolute Gasteiger partial charge is 0.264 e. The largest absolute Gasteiger partial charge is 0.350 e. The molecule has 0 aliphatic rings. The predicted octanol–water partition coefficient (Wildman–Crippen LogP) is 4.77. The molecule has 0 spiro atoms. The van der Waals surface area contributed by atoms with Crippen LogP contribution in [-0.2, 0) is 21.4 Å². The number of carbonyl (C=O) groups is 1. The molecule has 1 N–H and O–H groups in total. The summed E-state index contributed by atoms with van der Waals surface area (Å²) in [5.41, 5.74) is 3.14. The van der Waals surface area contributed by atoms with E-state index in [4.69, 9.17) is 0 Å². The second-order valence-electron chi connectivity index (χ2n) is 7.97. The molecule has 32 heavy (non-hydrogen) atoms. The van der Waals surface area contributed by atoms with E-state index in [1.165, 1.54) is 24.3 Å². The van der Waals surface area contributed by atoms with Gasteiger partial charge in [-0.3, -0.25) is 9.10 Å². The highest BCUT2D eigenvalue weighted by molar-refractivity contribution is 7.92. The van der Waals surface area contributed by atoms with Crippen LogP contribution in [-0.4, -0.2) is 20.9 Å². The van der Waals surface area contributed by atoms with Crippen molar-refractivity contribution < 1.29 is 17.6 Å². The predicted molar refractivity (Wildman–Crippen MR) is 124 cm³/mol. The van der Waals surface area contributed by atoms with E-state index in [9.17, 15) is 17.6 Å². The number of hydrogen-bond donors (Lipinski definition) is 1. The van der Waals surface area contributed by atoms with E-state index in [1.807, 2.05) is 19.1 Å². The van der Waals surface area contributed by atoms with Gasteiger partial charge < -0.3 is 5.32 Å². The number of benzene rings is 3. The fraction of sp³-hybridized carbons (Fsp3) is 0.240. The number of sulfonamides is 1. The Kier molecular flexibility index (Phi) is 7.30. The Morgan fingerprint density at radius 1 is 0.938 bits per heavy atom. The van der Waals surface area contributed by atoms with E-state index >= 15 is 0 Å². The Balaban J connectivity index is 1.86. The Labute approximate surface area is 188 Å². The summed E-state index contributed by atoms with van der Waals surface area (Å²) in [6.07, 6.45) is 0. The zero-order valence-electron chi connectivity index (χ0n) is 18.4. The summed E-state index contributed by atoms with van der Waals surface area (Å²) in [6.45, 7) is 5.78. The number of carbonyl (C=O) groups excluding carboxylic acids is 1. The molecule has 0 saturated carbocycles. The van der Waals surface area contributed by atoms with Crippen LogP contribution in [0.1, 0.15) is 36.5 Å². The SMILES string of the molecule is Cc1ccc(S(=O)(=O)N(CC(=O)NCc2ccc(F)cc2)c2ccc(C(C)C)cc2)cc1. The standard InChI is InChI=1S/C25H27FN2O3S/c1-18(2)21-8-12-23(13-9-21)28(32(30,31)24-14-4-19(3)5-15-24)17-25(29)27-16-20-6-10-22(26)11-7-20/h4-15,18H,16-17H2,1-3H3,(H,27,29). The number of aryl methyl sites for hydroxylation is 1. The van der Waals surface area contributed by atoms with Gasteiger partial charge >= 0.3 is 0 Å². The van der Waals surface area contributed by atoms with Crippen molar-refractivity contribution in [3.8, 4) is 0 Å². The van der Waals surface area contributed by atoms with Crippen molar-refractivity contribution in [1.82, 2.24) is 5.32 Å². The summed E-state index contributed by atoms with van der Waals surface area (Å²) in [6, 6.07) is 19.5. The summed E-state index contributed by atoms with van der Waals surface area (Å²) in [4.78, 5) is 12.8. The molecule has 3 aromatic carbocycles. The van der Waals surface area contributed by atoms with Crippen molar-refractivity contribution >= 4 is 21.6 Å². The Bertz CT molecular complexity index is 1160. The van der Waals surface area contributed by atoms with Crippen LogP contribution in [0.5, 0.6) is 0 Å². The molecule has 168 valence electrons. The normalized spacial score (nSPS) is 11.4. The number of rotatable bonds is 8. The first-order valence-corrected chi connectivity index (χ1v) is 11.8. The first-order valence-electron chi connectivity index (χ1n) is 10.4. The number of halogens is 1. The zero-order chi connectivity index (χ0) is 23.3. The van der Waals surface area contributed by atoms with E-state index in [-0.39, 0.29) is 23.8 Å². The summed E-state index contributed by atoms with van der Waals surface area (Å²) >= 11 is 0. The molecule has 0 atom stereocenters. The van der Waals surface area contributed by atoms with Crippen molar-refractivity contribution in [2.24, 2.45) is 0 Å². The minimum absolute atomic E-state index is 0.113. The van der Waals surface area contributed by atoms with Crippen LogP contribution < -0.4 is 9.62 Å². The highest BCUT2D eigenvalue weighted by atomic mass is 32.2. The van der Waals surface area contributed by atoms with Gasteiger partial charge in [-0.25, -0.2) is 12.8 Å². The maximum Gasteiger partial charge on any atom is 0.264 e. The minimum atomic E-state index is -3.96. The first-order chi connectivity index (χ1) is 15.2. The van der Waals surface area contributed by atoms with Crippen LogP contribution in [0.4, 0.5) is 10.1 Å². The van der Waals surface area contributed by atoms with Gasteiger partial charge in [-0.1, -0.05) is 55.8 Å². The van der Waals surface area contributed by atoms with Crippen LogP contribution in [0.25, 0.3) is 0 Å². The van der Waals surface area contributed by atoms with E-state index < -0.39 is 15.9 Å². The number of nitrogens with one attached hydrogen (secondary N) is 1. The molecule has 0 fully saturated rings. The summed E-state index contributed by atoms with van der Waals surface area (Å²) in [5, 5.41) is 2.71. The molecule has 0 saturated heterocycles. The molecule has 3 rings (SSSR count). The van der Waals surface area contributed by atoms with Crippen molar-refractivity contribution in [3.05, 3.63) is 95.3 Å². The molecule has 7 heteroatoms. The first kappa shape index (κ1) is 23.5. The van der Waals surface area contributed by atoms with Gasteiger partial charge in [-0.05, 0) is 60.4 Å². The van der Waals surface area contributed by atoms with Gasteiger partial charge in [0.25, 0.3) is 10.0 Å². The maximum absolute atomic E-state index is 13.4. The third-order valence-corrected chi connectivity index (χ3v) is 6.93. The number of nitrogens with zero attached hydrogens (tertiary/aromatic N) is 1. The topological polar surface area (TPSA) is 66.5 Å². The van der Waals surface area contributed by atoms with Crippen molar-refractivity contribution in [3.63, 3.8) is 0 Å². The van der Waals surface area contributed by atoms with E-state index in [0.29, 0.717) is 17.2 Å². The molecule has 0 heterocycles.